The quantitative estimate of drug-likeness (QED) is 0.0597. The van der Waals surface area contributed by atoms with Crippen LogP contribution in [-0.2, 0) is 15.7 Å². The number of carbonyl (C=O) groups is 2. The number of hydrogen-bond donors (Lipinski definition) is 1. The van der Waals surface area contributed by atoms with Gasteiger partial charge in [-0.1, -0.05) is 60.3 Å². The first-order valence-electron chi connectivity index (χ1n) is 22.4. The van der Waals surface area contributed by atoms with Crippen LogP contribution in [0.15, 0.2) is 134 Å². The molecule has 4 aromatic carbocycles. The van der Waals surface area contributed by atoms with E-state index in [1.807, 2.05) is 24.3 Å². The summed E-state index contributed by atoms with van der Waals surface area (Å²) in [7, 11) is -0.172. The maximum absolute atomic E-state index is 12.1. The van der Waals surface area contributed by atoms with Crippen molar-refractivity contribution >= 4 is 49.4 Å². The summed E-state index contributed by atoms with van der Waals surface area (Å²) in [5.41, 5.74) is 0.547. The Morgan fingerprint density at radius 2 is 0.611 bits per heavy atom. The Hall–Kier alpha value is -9.60. The number of carbonyl (C=O) groups excluding carboxylic acids is 1. The Balaban J connectivity index is -0.000000278. The first kappa shape index (κ1) is 82.5. The van der Waals surface area contributed by atoms with Gasteiger partial charge in [-0.2, -0.15) is 105 Å². The van der Waals surface area contributed by atoms with Gasteiger partial charge in [-0.15, -0.1) is 0 Å². The minimum Gasteiger partial charge on any atom is -0.481 e. The average Bonchev–Trinajstić information content (AvgIpc) is 0.948. The molecular weight excluding hydrogens is 1360 g/mol. The van der Waals surface area contributed by atoms with Gasteiger partial charge in [0.15, 0.2) is 20.5 Å². The van der Waals surface area contributed by atoms with Crippen LogP contribution in [0.25, 0.3) is 0 Å². The van der Waals surface area contributed by atoms with E-state index in [4.69, 9.17) is 30.8 Å². The Morgan fingerprint density at radius 3 is 0.844 bits per heavy atom. The number of aliphatic carboxylic acids is 1. The molecule has 0 heterocycles. The van der Waals surface area contributed by atoms with E-state index in [2.05, 4.69) is 185 Å². The second-order valence-corrected chi connectivity index (χ2v) is 24.1. The van der Waals surface area contributed by atoms with Crippen LogP contribution in [0, 0.1) is 138 Å². The summed E-state index contributed by atoms with van der Waals surface area (Å²) in [4.78, 5) is 28.7. The molecular formula is C60H35F24GaO3S2. The molecule has 30 heteroatoms. The number of Topliss-reactive ketones (excluding diaryl/α,β-unsaturated/α-hetero) is 1. The van der Waals surface area contributed by atoms with E-state index in [0.29, 0.717) is 5.56 Å². The monoisotopic (exact) mass is 1390 g/mol. The fourth-order valence-corrected chi connectivity index (χ4v) is 10.7. The second-order valence-electron chi connectivity index (χ2n) is 14.8. The molecule has 4 rings (SSSR count). The van der Waals surface area contributed by atoms with Gasteiger partial charge in [-0.3, -0.25) is 9.59 Å². The van der Waals surface area contributed by atoms with E-state index in [0.717, 1.165) is 9.79 Å². The van der Waals surface area contributed by atoms with E-state index in [9.17, 15) is 115 Å². The molecule has 0 aliphatic carbocycles. The van der Waals surface area contributed by atoms with Gasteiger partial charge in [0.05, 0.1) is 17.3 Å². The van der Waals surface area contributed by atoms with Crippen molar-refractivity contribution in [3.05, 3.63) is 115 Å². The summed E-state index contributed by atoms with van der Waals surface area (Å²) in [6, 6.07) is 37.1. The van der Waals surface area contributed by atoms with Crippen LogP contribution < -0.4 is 0 Å². The zero-order valence-electron chi connectivity index (χ0n) is 43.8. The molecule has 0 spiro atoms. The van der Waals surface area contributed by atoms with E-state index >= 15 is 0 Å². The number of benzene rings is 4. The molecule has 0 amide bonds. The van der Waals surface area contributed by atoms with Gasteiger partial charge >= 0.3 is 209 Å². The minimum absolute atomic E-state index is 0. The van der Waals surface area contributed by atoms with Gasteiger partial charge < -0.3 is 5.11 Å². The fraction of sp³-hybridized carbons (Fsp3) is 0.167. The third-order valence-corrected chi connectivity index (χ3v) is 16.3. The van der Waals surface area contributed by atoms with Crippen molar-refractivity contribution in [3.8, 4) is 138 Å². The topological polar surface area (TPSA) is 54.4 Å². The smallest absolute Gasteiger partial charge is 0.481 e. The Morgan fingerprint density at radius 1 is 0.367 bits per heavy atom. The molecule has 0 atom stereocenters. The molecule has 0 radical (unpaired) electrons. The normalized spacial score (nSPS) is 10.5. The Labute approximate surface area is 513 Å². The third kappa shape index (κ3) is 35.3. The average molecular weight is 1390 g/mol. The van der Waals surface area contributed by atoms with Crippen molar-refractivity contribution in [3.63, 3.8) is 0 Å². The van der Waals surface area contributed by atoms with Crippen LogP contribution in [0.1, 0.15) is 28.9 Å². The minimum atomic E-state index is -6.06. The number of ketones is 1. The van der Waals surface area contributed by atoms with Crippen molar-refractivity contribution in [1.29, 1.82) is 0 Å². The molecule has 0 saturated heterocycles. The fourth-order valence-electron chi connectivity index (χ4n) is 4.44. The number of hydrogen-bond acceptors (Lipinski definition) is 3. The number of terminal acetylenes is 4. The molecule has 0 unspecified atom stereocenters. The number of halogens is 24. The van der Waals surface area contributed by atoms with Gasteiger partial charge in [0.1, 0.15) is 0 Å². The Bertz CT molecular complexity index is 3350. The van der Waals surface area contributed by atoms with Crippen LogP contribution in [-0.4, -0.2) is 81.3 Å². The van der Waals surface area contributed by atoms with Crippen molar-refractivity contribution in [1.82, 2.24) is 0 Å². The standard InChI is InChI=1S/C28H22O3S2.4C6H.4C2F6.Ga.4H2/c29-27(19-20-28(30)31)21-11-13-22(14-12-21)32-23-15-17-26(18-16-23)33(24-7-3-1-4-8-24)25-9-5-2-6-10-25;4*1-3-5-6-4-2;4*3-1(4,5)2(6,7)8;;;;;/h1-18H,19-20H2;4*1H;;;;;;4*1H/q;;;;;;;;;-1;;;;/p+1. The van der Waals surface area contributed by atoms with E-state index in [-0.39, 0.29) is 35.2 Å². The van der Waals surface area contributed by atoms with Crippen molar-refractivity contribution < 1.29 is 126 Å². The van der Waals surface area contributed by atoms with E-state index < -0.39 is 70.4 Å². The van der Waals surface area contributed by atoms with Crippen molar-refractivity contribution in [2.24, 2.45) is 0 Å². The van der Waals surface area contributed by atoms with Crippen LogP contribution in [0.3, 0.4) is 0 Å². The molecule has 3 nitrogen and oxygen atoms in total. The summed E-state index contributed by atoms with van der Waals surface area (Å²) < 4.78 is 262. The van der Waals surface area contributed by atoms with Crippen LogP contribution in [0.5, 0.6) is 0 Å². The van der Waals surface area contributed by atoms with E-state index in [1.165, 1.54) is 14.7 Å². The number of rotatable bonds is 9. The molecule has 90 heavy (non-hydrogen) atoms. The third-order valence-electron chi connectivity index (χ3n) is 8.22. The van der Waals surface area contributed by atoms with Crippen LogP contribution in [0.4, 0.5) is 105 Å². The van der Waals surface area contributed by atoms with Crippen molar-refractivity contribution in [2.45, 2.75) is 86.7 Å². The maximum Gasteiger partial charge on any atom is 0.487 e. The molecule has 1 N–H and O–H groups in total. The predicted molar refractivity (Wildman–Crippen MR) is 293 cm³/mol. The number of carboxylic acids is 1. The van der Waals surface area contributed by atoms with Crippen LogP contribution >= 0.6 is 11.8 Å². The molecule has 0 saturated carbocycles. The maximum atomic E-state index is 12.1. The van der Waals surface area contributed by atoms with Gasteiger partial charge in [0.2, 0.25) is 0 Å². The molecule has 476 valence electrons. The van der Waals surface area contributed by atoms with Gasteiger partial charge in [0.25, 0.3) is 0 Å². The molecule has 0 aliphatic rings. The Kier molecular flexibility index (Phi) is 35.4. The zero-order chi connectivity index (χ0) is 69.7. The molecule has 0 aliphatic heterocycles. The summed E-state index contributed by atoms with van der Waals surface area (Å²) in [6.45, 7) is 0. The van der Waals surface area contributed by atoms with Crippen LogP contribution in [0.2, 0.25) is 0 Å². The zero-order valence-corrected chi connectivity index (χ0v) is 47.9. The molecule has 0 aromatic heterocycles. The summed E-state index contributed by atoms with van der Waals surface area (Å²) in [5, 5.41) is 8.75. The second kappa shape index (κ2) is 38.6. The number of carboxylic acid groups (broad SMARTS) is 1. The summed E-state index contributed by atoms with van der Waals surface area (Å²) >= 11 is -2.27. The first-order chi connectivity index (χ1) is 41.3. The SMILES string of the molecule is C#CC#CC#[C][Ga-]([C]#CC#CC#C)([C]#CC#CC#C)[C]#CC#CC#C.FC(F)(F)C(F)(F)F.FC(F)(F)C(F)(F)F.FC(F)(F)C(F)(F)F.FC(F)(F)C(F)(F)F.O=C(O)CCC(=O)c1ccc(Sc2ccc([S+](c3ccccc3)c3ccccc3)cc2)cc1.[HH].[HH].[HH].[HH]. The molecule has 4 aromatic rings. The predicted octanol–water partition coefficient (Wildman–Crippen LogP) is 16.6. The summed E-state index contributed by atoms with van der Waals surface area (Å²) in [6.07, 6.45) is -28.4. The van der Waals surface area contributed by atoms with Gasteiger partial charge in [0, 0.05) is 27.5 Å². The van der Waals surface area contributed by atoms with E-state index in [1.54, 1.807) is 23.9 Å². The first-order valence-corrected chi connectivity index (χ1v) is 29.3. The molecule has 0 bridgehead atoms. The van der Waals surface area contributed by atoms with Gasteiger partial charge in [-0.25, -0.2) is 0 Å². The summed E-state index contributed by atoms with van der Waals surface area (Å²) in [5.74, 6) is 37.4. The van der Waals surface area contributed by atoms with Gasteiger partial charge in [-0.05, 0) is 60.7 Å². The largest absolute Gasteiger partial charge is 0.487 e. The molecule has 0 fully saturated rings. The van der Waals surface area contributed by atoms with Crippen molar-refractivity contribution in [2.75, 3.05) is 0 Å². The number of alkyl halides is 24.